The number of nitrogens with zero attached hydrogens (tertiary/aromatic N) is 1. The fraction of sp³-hybridized carbons (Fsp3) is 0.0370. The first-order chi connectivity index (χ1) is 18.6. The molecule has 0 aliphatic heterocycles. The van der Waals surface area contributed by atoms with E-state index < -0.39 is 26.1 Å². The van der Waals surface area contributed by atoms with Gasteiger partial charge < -0.3 is 10.6 Å². The number of primary sulfonamides is 1. The molecule has 12 heteroatoms. The molecule has 4 aromatic carbocycles. The van der Waals surface area contributed by atoms with Gasteiger partial charge in [-0.25, -0.2) is 13.6 Å². The van der Waals surface area contributed by atoms with E-state index in [1.807, 2.05) is 30.3 Å². The Morgan fingerprint density at radius 2 is 1.44 bits per heavy atom. The SMILES string of the molecule is NS(=O)(=O)c1ccc(NC(=O)C(Sc2ccc(NC(=O)c3cccc([N+](=O)[O-])c3)cc2)c2ccccc2)cc1. The van der Waals surface area contributed by atoms with Gasteiger partial charge in [-0.15, -0.1) is 11.8 Å². The smallest absolute Gasteiger partial charge is 0.270 e. The number of anilines is 2. The van der Waals surface area contributed by atoms with E-state index in [0.29, 0.717) is 11.4 Å². The number of nitro groups is 1. The van der Waals surface area contributed by atoms with Crippen LogP contribution in [0, 0.1) is 10.1 Å². The third-order valence-electron chi connectivity index (χ3n) is 5.48. The summed E-state index contributed by atoms with van der Waals surface area (Å²) >= 11 is 1.29. The molecular weight excluding hydrogens is 540 g/mol. The molecule has 10 nitrogen and oxygen atoms in total. The highest BCUT2D eigenvalue weighted by atomic mass is 32.2. The Kier molecular flexibility index (Phi) is 8.39. The van der Waals surface area contributed by atoms with Gasteiger partial charge in [-0.2, -0.15) is 0 Å². The van der Waals surface area contributed by atoms with Crippen LogP contribution < -0.4 is 15.8 Å². The normalized spacial score (nSPS) is 11.8. The number of non-ortho nitro benzene ring substituents is 1. The zero-order valence-electron chi connectivity index (χ0n) is 20.2. The summed E-state index contributed by atoms with van der Waals surface area (Å²) in [5, 5.41) is 21.0. The van der Waals surface area contributed by atoms with Crippen molar-refractivity contribution >= 4 is 50.7 Å². The van der Waals surface area contributed by atoms with E-state index in [9.17, 15) is 28.1 Å². The third-order valence-corrected chi connectivity index (χ3v) is 7.67. The predicted molar refractivity (Wildman–Crippen MR) is 149 cm³/mol. The van der Waals surface area contributed by atoms with Crippen molar-refractivity contribution in [3.63, 3.8) is 0 Å². The van der Waals surface area contributed by atoms with Crippen LogP contribution in [0.5, 0.6) is 0 Å². The Labute approximate surface area is 228 Å². The van der Waals surface area contributed by atoms with Gasteiger partial charge in [0.05, 0.1) is 9.82 Å². The molecule has 0 saturated carbocycles. The number of carbonyl (C=O) groups is 2. The maximum atomic E-state index is 13.3. The van der Waals surface area contributed by atoms with Gasteiger partial charge in [-0.3, -0.25) is 19.7 Å². The van der Waals surface area contributed by atoms with Crippen molar-refractivity contribution in [2.24, 2.45) is 5.14 Å². The lowest BCUT2D eigenvalue weighted by Gasteiger charge is -2.17. The number of rotatable bonds is 9. The number of nitro benzene ring substituents is 1. The van der Waals surface area contributed by atoms with E-state index in [2.05, 4.69) is 10.6 Å². The van der Waals surface area contributed by atoms with Crippen molar-refractivity contribution in [2.75, 3.05) is 10.6 Å². The molecule has 0 saturated heterocycles. The summed E-state index contributed by atoms with van der Waals surface area (Å²) < 4.78 is 23.0. The van der Waals surface area contributed by atoms with Gasteiger partial charge in [0.25, 0.3) is 11.6 Å². The van der Waals surface area contributed by atoms with Crippen LogP contribution >= 0.6 is 11.8 Å². The molecular formula is C27H22N4O6S2. The minimum atomic E-state index is -3.85. The molecule has 0 bridgehead atoms. The molecule has 0 aliphatic rings. The van der Waals surface area contributed by atoms with Crippen molar-refractivity contribution in [1.82, 2.24) is 0 Å². The first-order valence-corrected chi connectivity index (χ1v) is 13.8. The van der Waals surface area contributed by atoms with Gasteiger partial charge in [0.15, 0.2) is 0 Å². The summed E-state index contributed by atoms with van der Waals surface area (Å²) in [7, 11) is -3.85. The van der Waals surface area contributed by atoms with E-state index in [0.717, 1.165) is 10.5 Å². The van der Waals surface area contributed by atoms with E-state index in [4.69, 9.17) is 5.14 Å². The summed E-state index contributed by atoms with van der Waals surface area (Å²) in [6, 6.07) is 27.0. The first kappa shape index (κ1) is 27.5. The average Bonchev–Trinajstić information content (AvgIpc) is 2.93. The van der Waals surface area contributed by atoms with Gasteiger partial charge >= 0.3 is 0 Å². The van der Waals surface area contributed by atoms with Crippen LogP contribution in [0.3, 0.4) is 0 Å². The number of hydrogen-bond donors (Lipinski definition) is 3. The molecule has 198 valence electrons. The highest BCUT2D eigenvalue weighted by Crippen LogP contribution is 2.37. The maximum absolute atomic E-state index is 13.3. The number of amides is 2. The Hall–Kier alpha value is -4.52. The lowest BCUT2D eigenvalue weighted by atomic mass is 10.1. The number of carbonyl (C=O) groups excluding carboxylic acids is 2. The third kappa shape index (κ3) is 7.29. The van der Waals surface area contributed by atoms with Gasteiger partial charge in [0, 0.05) is 34.0 Å². The number of nitrogens with two attached hydrogens (primary N) is 1. The van der Waals surface area contributed by atoms with Crippen molar-refractivity contribution < 1.29 is 22.9 Å². The van der Waals surface area contributed by atoms with E-state index in [1.165, 1.54) is 60.3 Å². The van der Waals surface area contributed by atoms with Crippen LogP contribution in [0.1, 0.15) is 21.2 Å². The fourth-order valence-corrected chi connectivity index (χ4v) is 5.09. The van der Waals surface area contributed by atoms with Gasteiger partial charge in [0.2, 0.25) is 15.9 Å². The van der Waals surface area contributed by atoms with Crippen LogP contribution in [0.15, 0.2) is 113 Å². The molecule has 0 spiro atoms. The molecule has 0 heterocycles. The number of hydrogen-bond acceptors (Lipinski definition) is 7. The van der Waals surface area contributed by atoms with Crippen molar-refractivity contribution in [3.8, 4) is 0 Å². The Balaban J connectivity index is 1.48. The van der Waals surface area contributed by atoms with Crippen LogP contribution in [0.25, 0.3) is 0 Å². The minimum absolute atomic E-state index is 0.0628. The van der Waals surface area contributed by atoms with Crippen LogP contribution in [0.4, 0.5) is 17.1 Å². The summed E-state index contributed by atoms with van der Waals surface area (Å²) in [6.45, 7) is 0. The summed E-state index contributed by atoms with van der Waals surface area (Å²) in [6.07, 6.45) is 0. The van der Waals surface area contributed by atoms with Crippen molar-refractivity contribution in [3.05, 3.63) is 124 Å². The standard InChI is InChI=1S/C27H22N4O6S2/c28-39(36,37)24-15-11-21(12-16-24)30-27(33)25(18-5-2-1-3-6-18)38-23-13-9-20(10-14-23)29-26(32)19-7-4-8-22(17-19)31(34)35/h1-17,25H,(H,29,32)(H,30,33)(H2,28,36,37). The van der Waals surface area contributed by atoms with Gasteiger partial charge in [-0.05, 0) is 60.2 Å². The molecule has 0 aromatic heterocycles. The first-order valence-electron chi connectivity index (χ1n) is 11.4. The van der Waals surface area contributed by atoms with Crippen LogP contribution in [-0.2, 0) is 14.8 Å². The van der Waals surface area contributed by atoms with Gasteiger partial charge in [0.1, 0.15) is 5.25 Å². The van der Waals surface area contributed by atoms with Crippen LogP contribution in [-0.4, -0.2) is 25.2 Å². The molecule has 4 N–H and O–H groups in total. The van der Waals surface area contributed by atoms with Crippen molar-refractivity contribution in [1.29, 1.82) is 0 Å². The van der Waals surface area contributed by atoms with E-state index in [1.54, 1.807) is 24.3 Å². The molecule has 0 radical (unpaired) electrons. The highest BCUT2D eigenvalue weighted by Gasteiger charge is 2.22. The second-order valence-corrected chi connectivity index (χ2v) is 11.0. The average molecular weight is 563 g/mol. The molecule has 4 rings (SSSR count). The Morgan fingerprint density at radius 3 is 2.05 bits per heavy atom. The summed E-state index contributed by atoms with van der Waals surface area (Å²) in [4.78, 5) is 36.9. The number of sulfonamides is 1. The molecule has 0 aliphatic carbocycles. The van der Waals surface area contributed by atoms with E-state index in [-0.39, 0.29) is 22.1 Å². The minimum Gasteiger partial charge on any atom is -0.325 e. The number of benzene rings is 4. The summed E-state index contributed by atoms with van der Waals surface area (Å²) in [5.41, 5.74) is 1.62. The number of thioether (sulfide) groups is 1. The Morgan fingerprint density at radius 1 is 0.821 bits per heavy atom. The predicted octanol–water partition coefficient (Wildman–Crippen LogP) is 4.97. The maximum Gasteiger partial charge on any atom is 0.270 e. The zero-order chi connectivity index (χ0) is 28.0. The second-order valence-electron chi connectivity index (χ2n) is 8.25. The van der Waals surface area contributed by atoms with Crippen LogP contribution in [0.2, 0.25) is 0 Å². The van der Waals surface area contributed by atoms with Gasteiger partial charge in [-0.1, -0.05) is 36.4 Å². The quantitative estimate of drug-likeness (QED) is 0.147. The second kappa shape index (κ2) is 11.9. The number of nitrogens with one attached hydrogen (secondary N) is 2. The topological polar surface area (TPSA) is 162 Å². The Bertz CT molecular complexity index is 1610. The molecule has 0 fully saturated rings. The molecule has 39 heavy (non-hydrogen) atoms. The lowest BCUT2D eigenvalue weighted by molar-refractivity contribution is -0.384. The lowest BCUT2D eigenvalue weighted by Crippen LogP contribution is -2.19. The highest BCUT2D eigenvalue weighted by molar-refractivity contribution is 8.00. The largest absolute Gasteiger partial charge is 0.325 e. The van der Waals surface area contributed by atoms with E-state index >= 15 is 0 Å². The zero-order valence-corrected chi connectivity index (χ0v) is 21.8. The molecule has 2 amide bonds. The molecule has 1 atom stereocenters. The summed E-state index contributed by atoms with van der Waals surface area (Å²) in [5.74, 6) is -0.813. The fourth-order valence-electron chi connectivity index (χ4n) is 3.55. The van der Waals surface area contributed by atoms with Crippen molar-refractivity contribution in [2.45, 2.75) is 15.0 Å². The monoisotopic (exact) mass is 562 g/mol. The molecule has 1 unspecified atom stereocenters. The molecule has 4 aromatic rings.